The number of nitrogens with zero attached hydrogens (tertiary/aromatic N) is 2. The molecule has 422 valence electrons. The largest absolute Gasteiger partial charge is 0.366 e. The van der Waals surface area contributed by atoms with Crippen LogP contribution in [0.3, 0.4) is 0 Å². The van der Waals surface area contributed by atoms with Gasteiger partial charge < -0.3 is 22.1 Å². The van der Waals surface area contributed by atoms with Crippen LogP contribution in [0.4, 0.5) is 8.78 Å². The lowest BCUT2D eigenvalue weighted by Gasteiger charge is -2.21. The Bertz CT molecular complexity index is 4210. The number of amides is 4. The van der Waals surface area contributed by atoms with E-state index in [-0.39, 0.29) is 53.3 Å². The summed E-state index contributed by atoms with van der Waals surface area (Å²) in [5, 5.41) is 8.10. The quantitative estimate of drug-likeness (QED) is 0.0666. The topological polar surface area (TPSA) is 170 Å². The molecular weight excluding hydrogens is 1090 g/mol. The Morgan fingerprint density at radius 1 is 0.560 bits per heavy atom. The minimum atomic E-state index is -0.615. The van der Waals surface area contributed by atoms with Crippen LogP contribution in [-0.4, -0.2) is 33.6 Å². The van der Waals surface area contributed by atoms with Crippen molar-refractivity contribution in [3.63, 3.8) is 0 Å². The average Bonchev–Trinajstić information content (AvgIpc) is 2.87. The second kappa shape index (κ2) is 23.5. The van der Waals surface area contributed by atoms with Crippen molar-refractivity contribution in [1.29, 1.82) is 0 Å². The fourth-order valence-corrected chi connectivity index (χ4v) is 14.6. The Morgan fingerprint density at radius 2 is 1.04 bits per heavy atom. The van der Waals surface area contributed by atoms with E-state index in [2.05, 4.69) is 55.7 Å². The van der Waals surface area contributed by atoms with Gasteiger partial charge in [-0.05, 0) is 174 Å². The van der Waals surface area contributed by atoms with Crippen LogP contribution in [0.2, 0.25) is 0 Å². The molecule has 0 spiro atoms. The van der Waals surface area contributed by atoms with Crippen molar-refractivity contribution in [2.24, 2.45) is 23.3 Å². The molecule has 0 saturated carbocycles. The van der Waals surface area contributed by atoms with Gasteiger partial charge in [-0.3, -0.25) is 29.1 Å². The number of halogens is 2. The van der Waals surface area contributed by atoms with Gasteiger partial charge in [-0.15, -0.1) is 22.7 Å². The molecule has 4 amide bonds. The smallest absolute Gasteiger partial charge is 0.261 e. The fourth-order valence-electron chi connectivity index (χ4n) is 12.7. The maximum absolute atomic E-state index is 14.5. The monoisotopic (exact) mass is 1150 g/mol. The number of thiophene rings is 2. The number of primary amides is 2. The molecule has 2 aliphatic carbocycles. The van der Waals surface area contributed by atoms with Gasteiger partial charge in [0.1, 0.15) is 11.6 Å². The zero-order chi connectivity index (χ0) is 58.3. The van der Waals surface area contributed by atoms with Crippen molar-refractivity contribution in [2.75, 3.05) is 0 Å². The summed E-state index contributed by atoms with van der Waals surface area (Å²) in [5.41, 5.74) is 25.5. The summed E-state index contributed by atoms with van der Waals surface area (Å²) in [7, 11) is 0. The molecule has 0 fully saturated rings. The summed E-state index contributed by atoms with van der Waals surface area (Å²) in [6, 6.07) is 48.2. The molecule has 4 atom stereocenters. The number of aryl methyl sites for hydroxylation is 1. The van der Waals surface area contributed by atoms with Crippen molar-refractivity contribution >= 4 is 68.1 Å². The van der Waals surface area contributed by atoms with Gasteiger partial charge in [0, 0.05) is 31.7 Å². The van der Waals surface area contributed by atoms with Crippen LogP contribution in [0.1, 0.15) is 154 Å². The minimum Gasteiger partial charge on any atom is -0.366 e. The van der Waals surface area contributed by atoms with E-state index in [1.807, 2.05) is 78.9 Å². The van der Waals surface area contributed by atoms with Crippen LogP contribution < -0.4 is 22.1 Å². The van der Waals surface area contributed by atoms with Crippen LogP contribution >= 0.6 is 22.7 Å². The van der Waals surface area contributed by atoms with Gasteiger partial charge >= 0.3 is 0 Å². The lowest BCUT2D eigenvalue weighted by Crippen LogP contribution is -2.26. The second-order valence-corrected chi connectivity index (χ2v) is 25.1. The highest BCUT2D eigenvalue weighted by Gasteiger charge is 2.35. The highest BCUT2D eigenvalue weighted by Crippen LogP contribution is 2.46. The van der Waals surface area contributed by atoms with Crippen molar-refractivity contribution in [3.05, 3.63) is 246 Å². The Labute approximate surface area is 494 Å². The van der Waals surface area contributed by atoms with Crippen molar-refractivity contribution in [3.8, 4) is 20.9 Å². The van der Waals surface area contributed by atoms with Gasteiger partial charge in [0.2, 0.25) is 0 Å². The first kappa shape index (κ1) is 55.8. The molecule has 0 saturated heterocycles. The fraction of sp³-hybridized carbons (Fsp3) is 0.229. The highest BCUT2D eigenvalue weighted by molar-refractivity contribution is 7.18. The van der Waals surface area contributed by atoms with Crippen LogP contribution in [0.15, 0.2) is 158 Å². The van der Waals surface area contributed by atoms with E-state index in [1.165, 1.54) is 52.5 Å². The normalized spacial score (nSPS) is 15.8. The van der Waals surface area contributed by atoms with E-state index in [0.29, 0.717) is 93.0 Å². The van der Waals surface area contributed by atoms with E-state index in [0.717, 1.165) is 72.3 Å². The van der Waals surface area contributed by atoms with E-state index < -0.39 is 11.8 Å². The summed E-state index contributed by atoms with van der Waals surface area (Å²) < 4.78 is 27.7. The van der Waals surface area contributed by atoms with Gasteiger partial charge in [-0.2, -0.15) is 0 Å². The van der Waals surface area contributed by atoms with E-state index in [9.17, 15) is 28.0 Å². The number of carbonyl (C=O) groups excluding carboxylic acids is 4. The van der Waals surface area contributed by atoms with Gasteiger partial charge in [-0.1, -0.05) is 118 Å². The van der Waals surface area contributed by atoms with Crippen LogP contribution in [0, 0.1) is 23.5 Å². The molecule has 6 N–H and O–H groups in total. The Morgan fingerprint density at radius 3 is 1.56 bits per heavy atom. The number of hydrogen-bond acceptors (Lipinski definition) is 8. The van der Waals surface area contributed by atoms with Gasteiger partial charge in [0.15, 0.2) is 0 Å². The summed E-state index contributed by atoms with van der Waals surface area (Å²) in [6.07, 6.45) is 5.12. The minimum absolute atomic E-state index is 0.0103. The van der Waals surface area contributed by atoms with Gasteiger partial charge in [-0.25, -0.2) is 8.78 Å². The predicted octanol–water partition coefficient (Wildman–Crippen LogP) is 14.7. The van der Waals surface area contributed by atoms with Crippen LogP contribution in [-0.2, 0) is 32.1 Å². The van der Waals surface area contributed by atoms with Crippen LogP contribution in [0.5, 0.6) is 0 Å². The number of nitrogens with one attached hydrogen (secondary N) is 2. The number of nitrogens with two attached hydrogens (primary N) is 2. The Balaban J connectivity index is 0.813. The molecule has 2 aliphatic rings. The molecular formula is C70H62F2N6O4S2. The van der Waals surface area contributed by atoms with Gasteiger partial charge in [0.05, 0.1) is 55.4 Å². The second-order valence-electron chi connectivity index (χ2n) is 23.0. The zero-order valence-electron chi connectivity index (χ0n) is 46.8. The molecule has 12 rings (SSSR count). The summed E-state index contributed by atoms with van der Waals surface area (Å²) >= 11 is 2.63. The molecule has 6 aromatic carbocycles. The number of aromatic nitrogens is 2. The van der Waals surface area contributed by atoms with E-state index in [4.69, 9.17) is 21.4 Å². The first-order chi connectivity index (χ1) is 40.6. The zero-order valence-corrected chi connectivity index (χ0v) is 48.4. The number of carbonyl (C=O) groups is 4. The molecule has 10 aromatic rings. The molecule has 10 nitrogen and oxygen atoms in total. The third-order valence-electron chi connectivity index (χ3n) is 16.4. The molecule has 0 radical (unpaired) electrons. The Kier molecular flexibility index (Phi) is 15.6. The molecule has 4 aromatic heterocycles. The summed E-state index contributed by atoms with van der Waals surface area (Å²) in [6.45, 7) is 6.28. The maximum Gasteiger partial charge on any atom is 0.261 e. The molecule has 14 heteroatoms. The third kappa shape index (κ3) is 11.5. The van der Waals surface area contributed by atoms with E-state index >= 15 is 0 Å². The maximum atomic E-state index is 14.5. The van der Waals surface area contributed by atoms with Crippen molar-refractivity contribution in [2.45, 2.75) is 90.1 Å². The van der Waals surface area contributed by atoms with Crippen LogP contribution in [0.25, 0.3) is 42.7 Å². The summed E-state index contributed by atoms with van der Waals surface area (Å²) in [4.78, 5) is 68.6. The molecule has 0 bridgehead atoms. The first-order valence-corrected chi connectivity index (χ1v) is 30.2. The molecule has 84 heavy (non-hydrogen) atoms. The number of hydrogen-bond donors (Lipinski definition) is 4. The third-order valence-corrected chi connectivity index (χ3v) is 18.6. The molecule has 3 unspecified atom stereocenters. The molecule has 0 aliphatic heterocycles. The lowest BCUT2D eigenvalue weighted by molar-refractivity contribution is 0.0931. The highest BCUT2D eigenvalue weighted by atomic mass is 32.1. The SMILES string of the molecule is CC(C)Cc1nc2cc(Cc3ccc(F)cc3)ccc2c(-c2ccc(C(=O)N[C@H]3CC(CC(C)Cc4nc5cc(Cc6ccc(F)cc6)ccc5c(-c5ccc(C(=O)NC6CCc7ccccc76)s5)c4C(N)=O)c4ccccc43)s2)c1C(N)=O. The molecule has 4 heterocycles. The average molecular weight is 1150 g/mol. The first-order valence-electron chi connectivity index (χ1n) is 28.6. The number of fused-ring (bicyclic) bond motifs is 4. The van der Waals surface area contributed by atoms with E-state index in [1.54, 1.807) is 30.3 Å². The van der Waals surface area contributed by atoms with Crippen molar-refractivity contribution < 1.29 is 28.0 Å². The Hall–Kier alpha value is -8.72. The predicted molar refractivity (Wildman–Crippen MR) is 331 cm³/mol. The number of benzene rings is 6. The number of pyridine rings is 2. The standard InChI is InChI=1S/C70H62F2N6O4S2/c1-38(2)30-57-65(67(73)79)63(51-23-16-42(35-54(51)75-57)33-40-12-19-46(71)20-13-40)59-27-29-62(84-59)70(82)78-56-37-45(48-9-6-7-11-50(48)56)31-39(3)32-58-66(68(74)80)64(52-24-17-43(36-55(52)76-58)34-41-14-21-47(72)22-15-41)60-26-28-61(83-60)69(81)77-53-25-18-44-8-4-5-10-49(44)53/h4-17,19-24,26-29,35-36,38-39,45,53,56H,18,25,30-34,37H2,1-3H3,(H2,73,79)(H2,74,80)(H,77,81)(H,78,82)/t39?,45?,53?,56-/m0/s1. The number of rotatable bonds is 18. The van der Waals surface area contributed by atoms with Gasteiger partial charge in [0.25, 0.3) is 23.6 Å². The summed E-state index contributed by atoms with van der Waals surface area (Å²) in [5.74, 6) is -2.01. The lowest BCUT2D eigenvalue weighted by atomic mass is 9.86. The van der Waals surface area contributed by atoms with Crippen molar-refractivity contribution in [1.82, 2.24) is 20.6 Å².